The van der Waals surface area contributed by atoms with Crippen molar-refractivity contribution in [3.05, 3.63) is 46.5 Å². The average Bonchev–Trinajstić information content (AvgIpc) is 3.05. The van der Waals surface area contributed by atoms with Gasteiger partial charge in [0, 0.05) is 11.1 Å². The third kappa shape index (κ3) is 2.98. The summed E-state index contributed by atoms with van der Waals surface area (Å²) in [4.78, 5) is 32.0. The Bertz CT molecular complexity index is 932. The van der Waals surface area contributed by atoms with Gasteiger partial charge in [0.05, 0.1) is 29.3 Å². The zero-order chi connectivity index (χ0) is 16.4. The summed E-state index contributed by atoms with van der Waals surface area (Å²) in [5.74, 6) is -0.221. The molecule has 3 rings (SSSR count). The molecule has 23 heavy (non-hydrogen) atoms. The van der Waals surface area contributed by atoms with Gasteiger partial charge in [-0.2, -0.15) is 5.10 Å². The monoisotopic (exact) mass is 330 g/mol. The Labute approximate surface area is 135 Å². The molecule has 2 heterocycles. The van der Waals surface area contributed by atoms with E-state index in [0.29, 0.717) is 16.5 Å². The lowest BCUT2D eigenvalue weighted by Crippen LogP contribution is -2.14. The second-order valence-corrected chi connectivity index (χ2v) is 5.55. The fourth-order valence-electron chi connectivity index (χ4n) is 2.10. The predicted octanol–water partition coefficient (Wildman–Crippen LogP) is 2.01. The van der Waals surface area contributed by atoms with Gasteiger partial charge in [0.25, 0.3) is 5.56 Å². The highest BCUT2D eigenvalue weighted by atomic mass is 32.2. The van der Waals surface area contributed by atoms with Crippen molar-refractivity contribution in [1.29, 1.82) is 0 Å². The molecule has 0 aliphatic carbocycles. The number of hydrogen-bond donors (Lipinski definition) is 1. The van der Waals surface area contributed by atoms with Crippen molar-refractivity contribution < 1.29 is 9.53 Å². The Balaban J connectivity index is 2.04. The first-order valence-corrected chi connectivity index (χ1v) is 8.15. The maximum absolute atomic E-state index is 12.2. The molecule has 0 unspecified atom stereocenters. The van der Waals surface area contributed by atoms with Crippen LogP contribution in [0.5, 0.6) is 0 Å². The van der Waals surface area contributed by atoms with E-state index < -0.39 is 5.97 Å². The summed E-state index contributed by atoms with van der Waals surface area (Å²) in [6.45, 7) is 2.01. The number of carbonyl (C=O) groups is 1. The highest BCUT2D eigenvalue weighted by Crippen LogP contribution is 2.18. The van der Waals surface area contributed by atoms with E-state index in [-0.39, 0.29) is 18.1 Å². The molecular weight excluding hydrogens is 316 g/mol. The van der Waals surface area contributed by atoms with Crippen LogP contribution >= 0.6 is 11.8 Å². The molecule has 0 bridgehead atoms. The normalized spacial score (nSPS) is 10.9. The number of hydrogen-bond acceptors (Lipinski definition) is 6. The van der Waals surface area contributed by atoms with Gasteiger partial charge in [-0.15, -0.1) is 11.8 Å². The molecule has 0 saturated heterocycles. The van der Waals surface area contributed by atoms with Gasteiger partial charge >= 0.3 is 5.97 Å². The summed E-state index contributed by atoms with van der Waals surface area (Å²) < 4.78 is 6.25. The van der Waals surface area contributed by atoms with Crippen molar-refractivity contribution in [3.8, 4) is 5.95 Å². The molecule has 2 aromatic heterocycles. The fourth-order valence-corrected chi connectivity index (χ4v) is 2.54. The van der Waals surface area contributed by atoms with E-state index in [1.165, 1.54) is 17.1 Å². The zero-order valence-corrected chi connectivity index (χ0v) is 13.4. The molecule has 0 aliphatic rings. The lowest BCUT2D eigenvalue weighted by molar-refractivity contribution is 0.0526. The van der Waals surface area contributed by atoms with E-state index >= 15 is 0 Å². The first-order chi connectivity index (χ1) is 11.1. The Morgan fingerprint density at radius 3 is 3.00 bits per heavy atom. The van der Waals surface area contributed by atoms with Crippen molar-refractivity contribution in [2.75, 3.05) is 12.9 Å². The van der Waals surface area contributed by atoms with Gasteiger partial charge in [0.1, 0.15) is 0 Å². The van der Waals surface area contributed by atoms with E-state index in [9.17, 15) is 9.59 Å². The van der Waals surface area contributed by atoms with E-state index in [2.05, 4.69) is 15.1 Å². The molecule has 0 aliphatic heterocycles. The molecule has 8 heteroatoms. The molecule has 7 nitrogen and oxygen atoms in total. The van der Waals surface area contributed by atoms with Crippen LogP contribution in [0.4, 0.5) is 0 Å². The number of thioether (sulfide) groups is 1. The van der Waals surface area contributed by atoms with Gasteiger partial charge in [-0.1, -0.05) is 0 Å². The SMILES string of the molecule is CCOC(=O)c1cnn(-c2nc3ccc(SC)cc3c(=O)[nH]2)c1. The number of benzene rings is 1. The van der Waals surface area contributed by atoms with Crippen LogP contribution in [0.25, 0.3) is 16.9 Å². The number of ether oxygens (including phenoxy) is 1. The number of aromatic nitrogens is 4. The van der Waals surface area contributed by atoms with E-state index in [1.54, 1.807) is 30.8 Å². The molecule has 0 spiro atoms. The Morgan fingerprint density at radius 1 is 1.43 bits per heavy atom. The van der Waals surface area contributed by atoms with Crippen LogP contribution in [0.1, 0.15) is 17.3 Å². The summed E-state index contributed by atoms with van der Waals surface area (Å²) >= 11 is 1.55. The number of rotatable bonds is 4. The largest absolute Gasteiger partial charge is 0.462 e. The van der Waals surface area contributed by atoms with Crippen LogP contribution in [-0.4, -0.2) is 38.6 Å². The minimum atomic E-state index is -0.466. The maximum Gasteiger partial charge on any atom is 0.341 e. The summed E-state index contributed by atoms with van der Waals surface area (Å²) in [7, 11) is 0. The van der Waals surface area contributed by atoms with Gasteiger partial charge in [-0.05, 0) is 31.4 Å². The molecule has 0 atom stereocenters. The molecule has 1 N–H and O–H groups in total. The standard InChI is InChI=1S/C15H14N4O3S/c1-3-22-14(21)9-7-16-19(8-9)15-17-12-5-4-10(23-2)6-11(12)13(20)18-15/h4-8H,3H2,1-2H3,(H,17,18,20). The van der Waals surface area contributed by atoms with Crippen molar-refractivity contribution in [1.82, 2.24) is 19.7 Å². The maximum atomic E-state index is 12.2. The molecule has 3 aromatic rings. The van der Waals surface area contributed by atoms with Gasteiger partial charge < -0.3 is 4.74 Å². The number of nitrogens with zero attached hydrogens (tertiary/aromatic N) is 3. The van der Waals surface area contributed by atoms with E-state index in [1.807, 2.05) is 12.3 Å². The number of nitrogens with one attached hydrogen (secondary N) is 1. The van der Waals surface area contributed by atoms with Crippen LogP contribution in [0.2, 0.25) is 0 Å². The minimum Gasteiger partial charge on any atom is -0.462 e. The van der Waals surface area contributed by atoms with Crippen molar-refractivity contribution in [2.45, 2.75) is 11.8 Å². The molecule has 1 aromatic carbocycles. The lowest BCUT2D eigenvalue weighted by Gasteiger charge is -2.04. The van der Waals surface area contributed by atoms with E-state index in [0.717, 1.165) is 4.90 Å². The van der Waals surface area contributed by atoms with Crippen LogP contribution in [0, 0.1) is 0 Å². The van der Waals surface area contributed by atoms with Crippen molar-refractivity contribution >= 4 is 28.6 Å². The summed E-state index contributed by atoms with van der Waals surface area (Å²) in [5.41, 5.74) is 0.608. The van der Waals surface area contributed by atoms with Crippen LogP contribution in [-0.2, 0) is 4.74 Å². The Kier molecular flexibility index (Phi) is 4.16. The van der Waals surface area contributed by atoms with Crippen molar-refractivity contribution in [2.24, 2.45) is 0 Å². The fraction of sp³-hybridized carbons (Fsp3) is 0.200. The summed E-state index contributed by atoms with van der Waals surface area (Å²) in [6.07, 6.45) is 4.79. The quantitative estimate of drug-likeness (QED) is 0.581. The molecular formula is C15H14N4O3S. The van der Waals surface area contributed by atoms with Crippen LogP contribution in [0.15, 0.2) is 40.3 Å². The van der Waals surface area contributed by atoms with Crippen LogP contribution < -0.4 is 5.56 Å². The average molecular weight is 330 g/mol. The van der Waals surface area contributed by atoms with Gasteiger partial charge in [-0.3, -0.25) is 9.78 Å². The highest BCUT2D eigenvalue weighted by Gasteiger charge is 2.12. The van der Waals surface area contributed by atoms with Gasteiger partial charge in [0.2, 0.25) is 5.95 Å². The van der Waals surface area contributed by atoms with Crippen molar-refractivity contribution in [3.63, 3.8) is 0 Å². The first-order valence-electron chi connectivity index (χ1n) is 6.92. The molecule has 0 amide bonds. The Morgan fingerprint density at radius 2 is 2.26 bits per heavy atom. The minimum absolute atomic E-state index is 0.245. The molecule has 0 radical (unpaired) electrons. The van der Waals surface area contributed by atoms with Gasteiger partial charge in [0.15, 0.2) is 0 Å². The zero-order valence-electron chi connectivity index (χ0n) is 12.6. The summed E-state index contributed by atoms with van der Waals surface area (Å²) in [6, 6.07) is 5.48. The second kappa shape index (κ2) is 6.25. The number of carbonyl (C=O) groups excluding carboxylic acids is 1. The lowest BCUT2D eigenvalue weighted by atomic mass is 10.2. The predicted molar refractivity (Wildman–Crippen MR) is 87.2 cm³/mol. The third-order valence-corrected chi connectivity index (χ3v) is 3.94. The third-order valence-electron chi connectivity index (χ3n) is 3.21. The number of fused-ring (bicyclic) bond motifs is 1. The van der Waals surface area contributed by atoms with Crippen LogP contribution in [0.3, 0.4) is 0 Å². The number of esters is 1. The highest BCUT2D eigenvalue weighted by molar-refractivity contribution is 7.98. The first kappa shape index (κ1) is 15.3. The number of H-pyrrole nitrogens is 1. The molecule has 118 valence electrons. The smallest absolute Gasteiger partial charge is 0.341 e. The van der Waals surface area contributed by atoms with E-state index in [4.69, 9.17) is 4.74 Å². The van der Waals surface area contributed by atoms with Gasteiger partial charge in [-0.25, -0.2) is 14.5 Å². The summed E-state index contributed by atoms with van der Waals surface area (Å²) in [5, 5.41) is 4.56. The number of aromatic amines is 1. The second-order valence-electron chi connectivity index (χ2n) is 4.67. The Hall–Kier alpha value is -2.61. The molecule has 0 fully saturated rings. The topological polar surface area (TPSA) is 89.9 Å². The molecule has 0 saturated carbocycles.